The molecular formula is C12H19F6N. The van der Waals surface area contributed by atoms with Crippen LogP contribution in [0.5, 0.6) is 0 Å². The van der Waals surface area contributed by atoms with Crippen molar-refractivity contribution in [1.82, 2.24) is 5.32 Å². The Morgan fingerprint density at radius 1 is 1.16 bits per heavy atom. The van der Waals surface area contributed by atoms with E-state index in [2.05, 4.69) is 5.32 Å². The van der Waals surface area contributed by atoms with E-state index < -0.39 is 36.7 Å². The fraction of sp³-hybridized carbons (Fsp3) is 1.00. The van der Waals surface area contributed by atoms with Crippen LogP contribution in [-0.4, -0.2) is 25.4 Å². The van der Waals surface area contributed by atoms with Gasteiger partial charge < -0.3 is 5.32 Å². The van der Waals surface area contributed by atoms with Gasteiger partial charge in [-0.1, -0.05) is 13.8 Å². The molecule has 1 rings (SSSR count). The maximum Gasteiger partial charge on any atom is 0.401 e. The standard InChI is InChI=1S/C12H19F6N/c1-8-3-4-10(8,2)9(5-11(13,14)15)6-19-7-12(16,17)18/h8-9,19H,3-7H2,1-2H3. The minimum Gasteiger partial charge on any atom is -0.308 e. The minimum atomic E-state index is -4.39. The number of halogens is 6. The van der Waals surface area contributed by atoms with E-state index in [1.165, 1.54) is 0 Å². The van der Waals surface area contributed by atoms with Crippen molar-refractivity contribution in [2.75, 3.05) is 13.1 Å². The number of nitrogens with one attached hydrogen (secondary N) is 1. The summed E-state index contributed by atoms with van der Waals surface area (Å²) in [6, 6.07) is 0. The van der Waals surface area contributed by atoms with Crippen molar-refractivity contribution in [3.63, 3.8) is 0 Å². The van der Waals surface area contributed by atoms with Gasteiger partial charge in [-0.15, -0.1) is 0 Å². The molecule has 19 heavy (non-hydrogen) atoms. The summed E-state index contributed by atoms with van der Waals surface area (Å²) in [6.45, 7) is 2.11. The Bertz CT molecular complexity index is 298. The molecular weight excluding hydrogens is 272 g/mol. The van der Waals surface area contributed by atoms with Crippen LogP contribution in [0, 0.1) is 17.3 Å². The van der Waals surface area contributed by atoms with Crippen molar-refractivity contribution in [1.29, 1.82) is 0 Å². The Labute approximate surface area is 108 Å². The molecule has 1 aliphatic carbocycles. The highest BCUT2D eigenvalue weighted by Crippen LogP contribution is 2.53. The predicted molar refractivity (Wildman–Crippen MR) is 59.6 cm³/mol. The first kappa shape index (κ1) is 16.6. The number of alkyl halides is 6. The average molecular weight is 291 g/mol. The molecule has 0 saturated heterocycles. The van der Waals surface area contributed by atoms with Gasteiger partial charge >= 0.3 is 12.4 Å². The van der Waals surface area contributed by atoms with Crippen LogP contribution >= 0.6 is 0 Å². The summed E-state index contributed by atoms with van der Waals surface area (Å²) in [6.07, 6.45) is -8.29. The summed E-state index contributed by atoms with van der Waals surface area (Å²) in [5.74, 6) is -0.689. The topological polar surface area (TPSA) is 12.0 Å². The molecule has 0 heterocycles. The molecule has 0 aromatic heterocycles. The van der Waals surface area contributed by atoms with E-state index in [0.29, 0.717) is 6.42 Å². The molecule has 3 atom stereocenters. The van der Waals surface area contributed by atoms with Crippen molar-refractivity contribution < 1.29 is 26.3 Å². The van der Waals surface area contributed by atoms with Gasteiger partial charge in [-0.3, -0.25) is 0 Å². The van der Waals surface area contributed by atoms with Crippen molar-refractivity contribution in [3.8, 4) is 0 Å². The van der Waals surface area contributed by atoms with Crippen LogP contribution in [0.15, 0.2) is 0 Å². The Balaban J connectivity index is 2.61. The van der Waals surface area contributed by atoms with Gasteiger partial charge in [0.05, 0.1) is 6.54 Å². The third kappa shape index (κ3) is 4.85. The molecule has 114 valence electrons. The van der Waals surface area contributed by atoms with E-state index >= 15 is 0 Å². The Morgan fingerprint density at radius 3 is 2.05 bits per heavy atom. The lowest BCUT2D eigenvalue weighted by Gasteiger charge is -2.51. The van der Waals surface area contributed by atoms with Crippen LogP contribution in [0.1, 0.15) is 33.1 Å². The second kappa shape index (κ2) is 5.50. The average Bonchev–Trinajstić information content (AvgIpc) is 2.21. The lowest BCUT2D eigenvalue weighted by molar-refractivity contribution is -0.166. The number of hydrogen-bond donors (Lipinski definition) is 1. The highest BCUT2D eigenvalue weighted by atomic mass is 19.4. The van der Waals surface area contributed by atoms with E-state index in [1.54, 1.807) is 6.92 Å². The zero-order valence-electron chi connectivity index (χ0n) is 11.0. The van der Waals surface area contributed by atoms with Crippen molar-refractivity contribution in [2.45, 2.75) is 45.5 Å². The fourth-order valence-electron chi connectivity index (χ4n) is 2.70. The molecule has 1 fully saturated rings. The summed E-state index contributed by atoms with van der Waals surface area (Å²) in [7, 11) is 0. The molecule has 0 aromatic rings. The largest absolute Gasteiger partial charge is 0.401 e. The minimum absolute atomic E-state index is 0.118. The van der Waals surface area contributed by atoms with Crippen LogP contribution in [0.2, 0.25) is 0 Å². The van der Waals surface area contributed by atoms with E-state index in [0.717, 1.165) is 6.42 Å². The van der Waals surface area contributed by atoms with Crippen LogP contribution in [0.3, 0.4) is 0 Å². The van der Waals surface area contributed by atoms with Crippen LogP contribution in [-0.2, 0) is 0 Å². The summed E-state index contributed by atoms with van der Waals surface area (Å²) >= 11 is 0. The fourth-order valence-corrected chi connectivity index (χ4v) is 2.70. The van der Waals surface area contributed by atoms with E-state index in [-0.39, 0.29) is 12.5 Å². The summed E-state index contributed by atoms with van der Waals surface area (Å²) in [5.41, 5.74) is -0.520. The maximum absolute atomic E-state index is 12.5. The Hall–Kier alpha value is -0.460. The molecule has 0 spiro atoms. The molecule has 0 bridgehead atoms. The molecule has 0 amide bonds. The number of hydrogen-bond acceptors (Lipinski definition) is 1. The zero-order chi connectivity index (χ0) is 14.9. The first-order valence-electron chi connectivity index (χ1n) is 6.28. The summed E-state index contributed by atoms with van der Waals surface area (Å²) < 4.78 is 73.7. The SMILES string of the molecule is CC1CCC1(C)C(CNCC(F)(F)F)CC(F)(F)F. The summed E-state index contributed by atoms with van der Waals surface area (Å²) in [5, 5.41) is 2.12. The third-order valence-electron chi connectivity index (χ3n) is 4.37. The lowest BCUT2D eigenvalue weighted by atomic mass is 9.55. The van der Waals surface area contributed by atoms with Gasteiger partial charge in [0.2, 0.25) is 0 Å². The van der Waals surface area contributed by atoms with E-state index in [4.69, 9.17) is 0 Å². The molecule has 1 N–H and O–H groups in total. The quantitative estimate of drug-likeness (QED) is 0.751. The zero-order valence-corrected chi connectivity index (χ0v) is 11.0. The Kier molecular flexibility index (Phi) is 4.80. The molecule has 1 saturated carbocycles. The molecule has 3 unspecified atom stereocenters. The molecule has 1 nitrogen and oxygen atoms in total. The lowest BCUT2D eigenvalue weighted by Crippen LogP contribution is -2.48. The molecule has 0 radical (unpaired) electrons. The molecule has 7 heteroatoms. The molecule has 1 aliphatic rings. The van der Waals surface area contributed by atoms with Gasteiger partial charge in [-0.05, 0) is 36.6 Å². The third-order valence-corrected chi connectivity index (χ3v) is 4.37. The van der Waals surface area contributed by atoms with Crippen LogP contribution < -0.4 is 5.32 Å². The molecule has 0 aromatic carbocycles. The smallest absolute Gasteiger partial charge is 0.308 e. The number of rotatable bonds is 5. The van der Waals surface area contributed by atoms with Gasteiger partial charge in [0, 0.05) is 6.42 Å². The van der Waals surface area contributed by atoms with Crippen molar-refractivity contribution in [3.05, 3.63) is 0 Å². The Morgan fingerprint density at radius 2 is 1.74 bits per heavy atom. The van der Waals surface area contributed by atoms with Crippen LogP contribution in [0.25, 0.3) is 0 Å². The van der Waals surface area contributed by atoms with Crippen molar-refractivity contribution in [2.24, 2.45) is 17.3 Å². The van der Waals surface area contributed by atoms with Gasteiger partial charge in [0.1, 0.15) is 0 Å². The van der Waals surface area contributed by atoms with E-state index in [9.17, 15) is 26.3 Å². The van der Waals surface area contributed by atoms with Gasteiger partial charge in [0.15, 0.2) is 0 Å². The van der Waals surface area contributed by atoms with Crippen LogP contribution in [0.4, 0.5) is 26.3 Å². The van der Waals surface area contributed by atoms with Gasteiger partial charge in [-0.2, -0.15) is 26.3 Å². The highest BCUT2D eigenvalue weighted by molar-refractivity contribution is 4.96. The normalized spacial score (nSPS) is 30.0. The first-order valence-corrected chi connectivity index (χ1v) is 6.28. The molecule has 0 aliphatic heterocycles. The second-order valence-electron chi connectivity index (χ2n) is 5.71. The van der Waals surface area contributed by atoms with E-state index in [1.807, 2.05) is 6.92 Å². The maximum atomic E-state index is 12.5. The van der Waals surface area contributed by atoms with Crippen molar-refractivity contribution >= 4 is 0 Å². The summed E-state index contributed by atoms with van der Waals surface area (Å²) in [4.78, 5) is 0. The highest BCUT2D eigenvalue weighted by Gasteiger charge is 2.49. The first-order chi connectivity index (χ1) is 8.44. The predicted octanol–water partition coefficient (Wildman–Crippen LogP) is 4.14. The monoisotopic (exact) mass is 291 g/mol. The van der Waals surface area contributed by atoms with Gasteiger partial charge in [0.25, 0.3) is 0 Å². The van der Waals surface area contributed by atoms with Gasteiger partial charge in [-0.25, -0.2) is 0 Å². The second-order valence-corrected chi connectivity index (χ2v) is 5.71.